The van der Waals surface area contributed by atoms with Crippen LogP contribution in [0.3, 0.4) is 0 Å². The molecule has 0 unspecified atom stereocenters. The van der Waals surface area contributed by atoms with Gasteiger partial charge in [-0.1, -0.05) is 0 Å². The van der Waals surface area contributed by atoms with E-state index < -0.39 is 0 Å². The number of benzene rings is 1. The molecule has 1 saturated heterocycles. The van der Waals surface area contributed by atoms with Crippen molar-refractivity contribution < 1.29 is 4.39 Å². The predicted molar refractivity (Wildman–Crippen MR) is 114 cm³/mol. The van der Waals surface area contributed by atoms with Crippen LogP contribution < -0.4 is 15.5 Å². The average Bonchev–Trinajstić information content (AvgIpc) is 2.72. The first-order valence-electron chi connectivity index (χ1n) is 9.59. The molecule has 1 aliphatic rings. The minimum atomic E-state index is -0.229. The average molecular weight is 393 g/mol. The number of aromatic nitrogens is 3. The Balaban J connectivity index is 1.41. The monoisotopic (exact) mass is 393 g/mol. The summed E-state index contributed by atoms with van der Waals surface area (Å²) in [6.45, 7) is 5.78. The van der Waals surface area contributed by atoms with Crippen molar-refractivity contribution in [2.45, 2.75) is 6.92 Å². The van der Waals surface area contributed by atoms with Gasteiger partial charge in [0.05, 0.1) is 11.9 Å². The van der Waals surface area contributed by atoms with Crippen LogP contribution in [0, 0.1) is 12.7 Å². The van der Waals surface area contributed by atoms with Gasteiger partial charge in [-0.2, -0.15) is 4.98 Å². The van der Waals surface area contributed by atoms with Gasteiger partial charge in [0.15, 0.2) is 0 Å². The lowest BCUT2D eigenvalue weighted by atomic mass is 10.2. The molecule has 7 nitrogen and oxygen atoms in total. The van der Waals surface area contributed by atoms with Crippen molar-refractivity contribution in [2.24, 2.45) is 0 Å². The fourth-order valence-corrected chi connectivity index (χ4v) is 3.17. The van der Waals surface area contributed by atoms with E-state index in [1.807, 2.05) is 12.1 Å². The second-order valence-corrected chi connectivity index (χ2v) is 7.17. The molecule has 29 heavy (non-hydrogen) atoms. The van der Waals surface area contributed by atoms with Crippen LogP contribution >= 0.6 is 0 Å². The third-order valence-corrected chi connectivity index (χ3v) is 4.92. The van der Waals surface area contributed by atoms with Gasteiger partial charge in [0.1, 0.15) is 17.5 Å². The predicted octanol–water partition coefficient (Wildman–Crippen LogP) is 3.56. The normalized spacial score (nSPS) is 14.7. The van der Waals surface area contributed by atoms with Crippen LogP contribution in [-0.4, -0.2) is 53.1 Å². The molecule has 1 aromatic carbocycles. The summed E-state index contributed by atoms with van der Waals surface area (Å²) in [6.07, 6.45) is 3.46. The molecule has 0 atom stereocenters. The third kappa shape index (κ3) is 4.78. The standard InChI is InChI=1S/C21H24FN7/c1-15-13-16(3-5-18(15)22)25-19-7-8-23-21(27-19)26-17-4-6-20(24-14-17)29-11-9-28(2)10-12-29/h3-8,13-14H,9-12H2,1-2H3,(H2,23,25,26,27). The van der Waals surface area contributed by atoms with Gasteiger partial charge < -0.3 is 20.4 Å². The first kappa shape index (κ1) is 19.1. The van der Waals surface area contributed by atoms with Crippen LogP contribution in [0.25, 0.3) is 0 Å². The SMILES string of the molecule is Cc1cc(Nc2ccnc(Nc3ccc(N4CCN(C)CC4)nc3)n2)ccc1F. The molecular formula is C21H24FN7. The summed E-state index contributed by atoms with van der Waals surface area (Å²) in [5, 5.41) is 6.35. The number of halogens is 1. The molecule has 0 saturated carbocycles. The summed E-state index contributed by atoms with van der Waals surface area (Å²) in [4.78, 5) is 17.9. The maximum Gasteiger partial charge on any atom is 0.229 e. The summed E-state index contributed by atoms with van der Waals surface area (Å²) in [7, 11) is 2.14. The van der Waals surface area contributed by atoms with Crippen molar-refractivity contribution in [2.75, 3.05) is 48.8 Å². The quantitative estimate of drug-likeness (QED) is 0.687. The number of hydrogen-bond acceptors (Lipinski definition) is 7. The molecule has 0 bridgehead atoms. The Morgan fingerprint density at radius 1 is 0.931 bits per heavy atom. The number of hydrogen-bond donors (Lipinski definition) is 2. The molecule has 2 N–H and O–H groups in total. The van der Waals surface area contributed by atoms with Gasteiger partial charge in [-0.15, -0.1) is 0 Å². The number of aryl methyl sites for hydroxylation is 1. The fraction of sp³-hybridized carbons (Fsp3) is 0.286. The van der Waals surface area contributed by atoms with Crippen LogP contribution in [0.2, 0.25) is 0 Å². The molecule has 150 valence electrons. The highest BCUT2D eigenvalue weighted by Gasteiger charge is 2.15. The van der Waals surface area contributed by atoms with E-state index in [1.54, 1.807) is 37.5 Å². The highest BCUT2D eigenvalue weighted by Crippen LogP contribution is 2.21. The number of nitrogens with one attached hydrogen (secondary N) is 2. The lowest BCUT2D eigenvalue weighted by Crippen LogP contribution is -2.44. The molecule has 4 rings (SSSR count). The zero-order valence-electron chi connectivity index (χ0n) is 16.6. The second kappa shape index (κ2) is 8.40. The summed E-state index contributed by atoms with van der Waals surface area (Å²) in [5.41, 5.74) is 2.17. The molecule has 3 heterocycles. The van der Waals surface area contributed by atoms with E-state index in [9.17, 15) is 4.39 Å². The molecule has 0 spiro atoms. The highest BCUT2D eigenvalue weighted by atomic mass is 19.1. The van der Waals surface area contributed by atoms with Gasteiger partial charge in [-0.3, -0.25) is 0 Å². The molecule has 1 fully saturated rings. The van der Waals surface area contributed by atoms with Crippen molar-refractivity contribution in [1.29, 1.82) is 0 Å². The van der Waals surface area contributed by atoms with Crippen molar-refractivity contribution in [3.63, 3.8) is 0 Å². The third-order valence-electron chi connectivity index (χ3n) is 4.92. The number of rotatable bonds is 5. The molecule has 0 aliphatic carbocycles. The first-order chi connectivity index (χ1) is 14.1. The van der Waals surface area contributed by atoms with Gasteiger partial charge in [0.25, 0.3) is 0 Å². The van der Waals surface area contributed by atoms with Crippen molar-refractivity contribution in [1.82, 2.24) is 19.9 Å². The summed E-state index contributed by atoms with van der Waals surface area (Å²) in [6, 6.07) is 10.6. The zero-order chi connectivity index (χ0) is 20.2. The van der Waals surface area contributed by atoms with E-state index >= 15 is 0 Å². The fourth-order valence-electron chi connectivity index (χ4n) is 3.17. The minimum absolute atomic E-state index is 0.229. The first-order valence-corrected chi connectivity index (χ1v) is 9.59. The van der Waals surface area contributed by atoms with Crippen LogP contribution in [0.4, 0.5) is 33.3 Å². The second-order valence-electron chi connectivity index (χ2n) is 7.17. The molecule has 0 amide bonds. The van der Waals surface area contributed by atoms with Gasteiger partial charge in [-0.25, -0.2) is 14.4 Å². The van der Waals surface area contributed by atoms with Gasteiger partial charge in [0, 0.05) is 38.1 Å². The summed E-state index contributed by atoms with van der Waals surface area (Å²) >= 11 is 0. The number of pyridine rings is 1. The Morgan fingerprint density at radius 3 is 2.45 bits per heavy atom. The minimum Gasteiger partial charge on any atom is -0.354 e. The Kier molecular flexibility index (Phi) is 5.53. The molecule has 0 radical (unpaired) electrons. The van der Waals surface area contributed by atoms with E-state index in [4.69, 9.17) is 0 Å². The van der Waals surface area contributed by atoms with Crippen molar-refractivity contribution >= 4 is 29.0 Å². The van der Waals surface area contributed by atoms with Gasteiger partial charge >= 0.3 is 0 Å². The molecule has 3 aromatic rings. The van der Waals surface area contributed by atoms with Crippen LogP contribution in [0.5, 0.6) is 0 Å². The Hall–Kier alpha value is -3.26. The van der Waals surface area contributed by atoms with E-state index in [-0.39, 0.29) is 5.82 Å². The Morgan fingerprint density at radius 2 is 1.72 bits per heavy atom. The Labute approximate surface area is 169 Å². The van der Waals surface area contributed by atoms with Crippen LogP contribution in [-0.2, 0) is 0 Å². The smallest absolute Gasteiger partial charge is 0.229 e. The maximum atomic E-state index is 13.4. The van der Waals surface area contributed by atoms with Gasteiger partial charge in [-0.05, 0) is 55.9 Å². The highest BCUT2D eigenvalue weighted by molar-refractivity contribution is 5.60. The van der Waals surface area contributed by atoms with E-state index in [2.05, 4.69) is 42.4 Å². The van der Waals surface area contributed by atoms with Crippen molar-refractivity contribution in [3.05, 3.63) is 60.2 Å². The maximum absolute atomic E-state index is 13.4. The van der Waals surface area contributed by atoms with E-state index in [0.717, 1.165) is 43.4 Å². The van der Waals surface area contributed by atoms with Crippen LogP contribution in [0.1, 0.15) is 5.56 Å². The molecule has 1 aliphatic heterocycles. The number of likely N-dealkylation sites (N-methyl/N-ethyl adjacent to an activating group) is 1. The molecule has 8 heteroatoms. The largest absolute Gasteiger partial charge is 0.354 e. The van der Waals surface area contributed by atoms with Crippen molar-refractivity contribution in [3.8, 4) is 0 Å². The summed E-state index contributed by atoms with van der Waals surface area (Å²) < 4.78 is 13.4. The number of nitrogens with zero attached hydrogens (tertiary/aromatic N) is 5. The number of piperazine rings is 1. The summed E-state index contributed by atoms with van der Waals surface area (Å²) in [5.74, 6) is 1.83. The number of anilines is 5. The zero-order valence-corrected chi connectivity index (χ0v) is 16.6. The topological polar surface area (TPSA) is 69.2 Å². The van der Waals surface area contributed by atoms with Gasteiger partial charge in [0.2, 0.25) is 5.95 Å². The van der Waals surface area contributed by atoms with Crippen LogP contribution in [0.15, 0.2) is 48.8 Å². The van der Waals surface area contributed by atoms with E-state index in [0.29, 0.717) is 17.3 Å². The van der Waals surface area contributed by atoms with E-state index in [1.165, 1.54) is 6.07 Å². The lowest BCUT2D eigenvalue weighted by molar-refractivity contribution is 0.312. The Bertz CT molecular complexity index is 969. The molecule has 2 aromatic heterocycles. The molecular weight excluding hydrogens is 369 g/mol. The lowest BCUT2D eigenvalue weighted by Gasteiger charge is -2.33.